The molecule has 2 aromatic carbocycles. The predicted octanol–water partition coefficient (Wildman–Crippen LogP) is 4.14. The maximum Gasteiger partial charge on any atom is 0.416 e. The number of carbonyl (C=O) groups is 2. The van der Waals surface area contributed by atoms with Gasteiger partial charge < -0.3 is 9.80 Å². The third-order valence-electron chi connectivity index (χ3n) is 5.19. The van der Waals surface area contributed by atoms with Gasteiger partial charge in [-0.2, -0.15) is 18.3 Å². The van der Waals surface area contributed by atoms with Gasteiger partial charge in [-0.1, -0.05) is 17.7 Å². The van der Waals surface area contributed by atoms with E-state index in [2.05, 4.69) is 5.10 Å². The van der Waals surface area contributed by atoms with Gasteiger partial charge in [0.05, 0.1) is 11.3 Å². The van der Waals surface area contributed by atoms with Crippen molar-refractivity contribution in [2.75, 3.05) is 26.2 Å². The van der Waals surface area contributed by atoms with Gasteiger partial charge in [0.2, 0.25) is 0 Å². The monoisotopic (exact) mass is 462 g/mol. The highest BCUT2D eigenvalue weighted by molar-refractivity contribution is 6.30. The van der Waals surface area contributed by atoms with Crippen molar-refractivity contribution in [3.8, 4) is 5.69 Å². The van der Waals surface area contributed by atoms with Gasteiger partial charge in [0.15, 0.2) is 5.69 Å². The van der Waals surface area contributed by atoms with Crippen molar-refractivity contribution in [1.82, 2.24) is 19.6 Å². The molecule has 32 heavy (non-hydrogen) atoms. The summed E-state index contributed by atoms with van der Waals surface area (Å²) in [6.07, 6.45) is -2.78. The Morgan fingerprint density at radius 2 is 1.50 bits per heavy atom. The van der Waals surface area contributed by atoms with Crippen molar-refractivity contribution in [2.45, 2.75) is 6.18 Å². The number of carbonyl (C=O) groups excluding carboxylic acids is 2. The van der Waals surface area contributed by atoms with Gasteiger partial charge in [-0.25, -0.2) is 4.68 Å². The summed E-state index contributed by atoms with van der Waals surface area (Å²) < 4.78 is 39.7. The van der Waals surface area contributed by atoms with E-state index in [1.165, 1.54) is 17.0 Å². The molecule has 0 radical (unpaired) electrons. The zero-order chi connectivity index (χ0) is 22.9. The molecule has 1 aliphatic heterocycles. The third kappa shape index (κ3) is 4.62. The first kappa shape index (κ1) is 21.9. The Kier molecular flexibility index (Phi) is 5.92. The number of halogens is 4. The molecule has 1 saturated heterocycles. The summed E-state index contributed by atoms with van der Waals surface area (Å²) in [6.45, 7) is 1.16. The van der Waals surface area contributed by atoms with Crippen LogP contribution in [-0.4, -0.2) is 57.6 Å². The van der Waals surface area contributed by atoms with Crippen molar-refractivity contribution in [3.63, 3.8) is 0 Å². The Bertz CT molecular complexity index is 1140. The molecule has 10 heteroatoms. The summed E-state index contributed by atoms with van der Waals surface area (Å²) in [5.41, 5.74) is 0.371. The van der Waals surface area contributed by atoms with Crippen LogP contribution in [0, 0.1) is 0 Å². The second-order valence-electron chi connectivity index (χ2n) is 7.28. The number of alkyl halides is 3. The summed E-state index contributed by atoms with van der Waals surface area (Å²) in [6, 6.07) is 12.8. The summed E-state index contributed by atoms with van der Waals surface area (Å²) in [7, 11) is 0. The first-order chi connectivity index (χ1) is 15.2. The van der Waals surface area contributed by atoms with Crippen LogP contribution in [0.2, 0.25) is 5.02 Å². The molecule has 0 unspecified atom stereocenters. The van der Waals surface area contributed by atoms with Gasteiger partial charge in [-0.15, -0.1) is 0 Å². The Balaban J connectivity index is 1.37. The minimum absolute atomic E-state index is 0.179. The fourth-order valence-electron chi connectivity index (χ4n) is 3.46. The second kappa shape index (κ2) is 8.66. The van der Waals surface area contributed by atoms with Crippen LogP contribution in [0.3, 0.4) is 0 Å². The number of rotatable bonds is 3. The van der Waals surface area contributed by atoms with Crippen LogP contribution in [-0.2, 0) is 6.18 Å². The highest BCUT2D eigenvalue weighted by atomic mass is 35.5. The Morgan fingerprint density at radius 3 is 2.09 bits per heavy atom. The molecule has 1 aromatic heterocycles. The number of hydrogen-bond donors (Lipinski definition) is 0. The van der Waals surface area contributed by atoms with Crippen LogP contribution in [0.4, 0.5) is 13.2 Å². The maximum absolute atomic E-state index is 12.8. The summed E-state index contributed by atoms with van der Waals surface area (Å²) in [4.78, 5) is 28.5. The molecule has 0 bridgehead atoms. The number of amides is 2. The molecule has 4 rings (SSSR count). The van der Waals surface area contributed by atoms with E-state index >= 15 is 0 Å². The molecular formula is C22H18ClF3N4O2. The minimum Gasteiger partial charge on any atom is -0.335 e. The zero-order valence-corrected chi connectivity index (χ0v) is 17.5. The van der Waals surface area contributed by atoms with E-state index in [1.807, 2.05) is 6.07 Å². The second-order valence-corrected chi connectivity index (χ2v) is 7.72. The molecule has 2 heterocycles. The van der Waals surface area contributed by atoms with Crippen molar-refractivity contribution in [1.29, 1.82) is 0 Å². The molecule has 0 N–H and O–H groups in total. The lowest BCUT2D eigenvalue weighted by Gasteiger charge is -2.34. The van der Waals surface area contributed by atoms with E-state index in [-0.39, 0.29) is 36.2 Å². The number of benzene rings is 2. The summed E-state index contributed by atoms with van der Waals surface area (Å²) in [5.74, 6) is -0.622. The fraction of sp³-hybridized carbons (Fsp3) is 0.227. The highest BCUT2D eigenvalue weighted by Gasteiger charge is 2.31. The zero-order valence-electron chi connectivity index (χ0n) is 16.7. The molecule has 6 nitrogen and oxygen atoms in total. The van der Waals surface area contributed by atoms with E-state index < -0.39 is 11.7 Å². The van der Waals surface area contributed by atoms with Crippen LogP contribution in [0.25, 0.3) is 5.69 Å². The predicted molar refractivity (Wildman–Crippen MR) is 112 cm³/mol. The summed E-state index contributed by atoms with van der Waals surface area (Å²) >= 11 is 6.00. The Hall–Kier alpha value is -3.33. The van der Waals surface area contributed by atoms with E-state index in [1.54, 1.807) is 40.0 Å². The molecule has 166 valence electrons. The van der Waals surface area contributed by atoms with Gasteiger partial charge in [0.25, 0.3) is 11.8 Å². The molecule has 1 aliphatic rings. The molecule has 1 fully saturated rings. The van der Waals surface area contributed by atoms with Crippen molar-refractivity contribution < 1.29 is 22.8 Å². The van der Waals surface area contributed by atoms with Crippen LogP contribution in [0.1, 0.15) is 26.4 Å². The van der Waals surface area contributed by atoms with Crippen LogP contribution in [0.5, 0.6) is 0 Å². The first-order valence-corrected chi connectivity index (χ1v) is 10.2. The third-order valence-corrected chi connectivity index (χ3v) is 5.43. The van der Waals surface area contributed by atoms with Crippen molar-refractivity contribution in [2.24, 2.45) is 0 Å². The van der Waals surface area contributed by atoms with Gasteiger partial charge in [-0.3, -0.25) is 9.59 Å². The van der Waals surface area contributed by atoms with Crippen molar-refractivity contribution >= 4 is 23.4 Å². The summed E-state index contributed by atoms with van der Waals surface area (Å²) in [5, 5.41) is 4.88. The maximum atomic E-state index is 12.8. The number of nitrogens with zero attached hydrogens (tertiary/aromatic N) is 4. The van der Waals surface area contributed by atoms with Gasteiger partial charge >= 0.3 is 6.18 Å². The van der Waals surface area contributed by atoms with Crippen molar-refractivity contribution in [3.05, 3.63) is 82.6 Å². The van der Waals surface area contributed by atoms with E-state index in [4.69, 9.17) is 11.6 Å². The normalized spacial score (nSPS) is 14.5. The molecule has 0 saturated carbocycles. The Morgan fingerprint density at radius 1 is 0.875 bits per heavy atom. The average molecular weight is 463 g/mol. The SMILES string of the molecule is O=C(c1ccc(C(F)(F)F)cc1)N1CCN(C(=O)c2ccn(-c3cccc(Cl)c3)n2)CC1. The molecule has 3 aromatic rings. The Labute approximate surface area is 186 Å². The number of aromatic nitrogens is 2. The first-order valence-electron chi connectivity index (χ1n) is 9.80. The lowest BCUT2D eigenvalue weighted by Crippen LogP contribution is -2.50. The topological polar surface area (TPSA) is 58.4 Å². The van der Waals surface area contributed by atoms with E-state index in [9.17, 15) is 22.8 Å². The smallest absolute Gasteiger partial charge is 0.335 e. The molecule has 0 spiro atoms. The highest BCUT2D eigenvalue weighted by Crippen LogP contribution is 2.29. The van der Waals surface area contributed by atoms with Crippen LogP contribution < -0.4 is 0 Å². The van der Waals surface area contributed by atoms with Gasteiger partial charge in [0.1, 0.15) is 0 Å². The quantitative estimate of drug-likeness (QED) is 0.587. The molecule has 0 atom stereocenters. The largest absolute Gasteiger partial charge is 0.416 e. The lowest BCUT2D eigenvalue weighted by atomic mass is 10.1. The van der Waals surface area contributed by atoms with Crippen LogP contribution >= 0.6 is 11.6 Å². The molecule has 0 aliphatic carbocycles. The minimum atomic E-state index is -4.45. The van der Waals surface area contributed by atoms with E-state index in [0.717, 1.165) is 17.8 Å². The molecule has 2 amide bonds. The lowest BCUT2D eigenvalue weighted by molar-refractivity contribution is -0.137. The van der Waals surface area contributed by atoms with Crippen LogP contribution in [0.15, 0.2) is 60.8 Å². The number of hydrogen-bond acceptors (Lipinski definition) is 3. The number of piperazine rings is 1. The van der Waals surface area contributed by atoms with E-state index in [0.29, 0.717) is 18.1 Å². The van der Waals surface area contributed by atoms with Gasteiger partial charge in [0, 0.05) is 43.0 Å². The fourth-order valence-corrected chi connectivity index (χ4v) is 3.64. The van der Waals surface area contributed by atoms with Gasteiger partial charge in [-0.05, 0) is 48.5 Å². The average Bonchev–Trinajstić information content (AvgIpc) is 3.28. The molecular weight excluding hydrogens is 445 g/mol. The standard InChI is InChI=1S/C22H18ClF3N4O2/c23-17-2-1-3-18(14-17)30-9-8-19(27-30)21(32)29-12-10-28(11-13-29)20(31)15-4-6-16(7-5-15)22(24,25)26/h1-9,14H,10-13H2.